The molecule has 0 radical (unpaired) electrons. The minimum Gasteiger partial charge on any atom is -0.397 e. The normalized spacial score (nSPS) is 20.6. The van der Waals surface area contributed by atoms with Crippen LogP contribution < -0.4 is 10.6 Å². The van der Waals surface area contributed by atoms with Gasteiger partial charge in [-0.15, -0.1) is 0 Å². The Morgan fingerprint density at radius 2 is 2.25 bits per heavy atom. The molecule has 1 atom stereocenters. The van der Waals surface area contributed by atoms with E-state index in [0.717, 1.165) is 0 Å². The molecule has 16 heavy (non-hydrogen) atoms. The zero-order valence-corrected chi connectivity index (χ0v) is 10.8. The first kappa shape index (κ1) is 11.7. The smallest absolute Gasteiger partial charge is 0.228 e. The Labute approximate surface area is 106 Å². The molecule has 0 aromatic heterocycles. The highest BCUT2D eigenvalue weighted by Gasteiger charge is 2.29. The van der Waals surface area contributed by atoms with E-state index in [1.54, 1.807) is 0 Å². The zero-order valence-electron chi connectivity index (χ0n) is 8.28. The van der Waals surface area contributed by atoms with Crippen LogP contribution >= 0.6 is 28.6 Å². The number of nitrogens with two attached hydrogens (primary N) is 1. The predicted molar refractivity (Wildman–Crippen MR) is 68.3 cm³/mol. The maximum Gasteiger partial charge on any atom is 0.228 e. The van der Waals surface area contributed by atoms with E-state index in [2.05, 4.69) is 28.6 Å². The number of carbonyl (C=O) groups excluding carboxylic acids is 1. The number of benzene rings is 1. The van der Waals surface area contributed by atoms with Crippen LogP contribution in [0.3, 0.4) is 0 Å². The molecule has 1 fully saturated rings. The van der Waals surface area contributed by atoms with Crippen molar-refractivity contribution in [2.75, 3.05) is 17.2 Å². The molecule has 0 saturated carbocycles. The average Bonchev–Trinajstić information content (AvgIpc) is 2.51. The van der Waals surface area contributed by atoms with Gasteiger partial charge in [-0.3, -0.25) is 4.79 Å². The molecular weight excluding hydrogens is 295 g/mol. The van der Waals surface area contributed by atoms with Crippen molar-refractivity contribution in [3.05, 3.63) is 22.4 Å². The Balaban J connectivity index is 2.41. The minimum absolute atomic E-state index is 0.00993. The van der Waals surface area contributed by atoms with Crippen molar-refractivity contribution < 1.29 is 9.18 Å². The molecule has 6 heteroatoms. The number of nitrogens with zero attached hydrogens (tertiary/aromatic N) is 1. The summed E-state index contributed by atoms with van der Waals surface area (Å²) < 4.78 is 13.5. The number of hydrogen-bond acceptors (Lipinski definition) is 3. The van der Waals surface area contributed by atoms with Crippen LogP contribution in [-0.4, -0.2) is 17.7 Å². The number of thiol groups is 1. The van der Waals surface area contributed by atoms with Gasteiger partial charge in [-0.2, -0.15) is 12.6 Å². The molecule has 0 spiro atoms. The molecule has 0 aliphatic carbocycles. The summed E-state index contributed by atoms with van der Waals surface area (Å²) in [5.41, 5.74) is 6.50. The van der Waals surface area contributed by atoms with Crippen LogP contribution in [0.1, 0.15) is 6.42 Å². The van der Waals surface area contributed by atoms with E-state index in [4.69, 9.17) is 5.73 Å². The summed E-state index contributed by atoms with van der Waals surface area (Å²) in [4.78, 5) is 13.2. The number of carbonyl (C=O) groups is 1. The first-order valence-electron chi connectivity index (χ1n) is 4.72. The van der Waals surface area contributed by atoms with E-state index < -0.39 is 5.82 Å². The first-order chi connectivity index (χ1) is 7.49. The summed E-state index contributed by atoms with van der Waals surface area (Å²) in [6.07, 6.45) is 0.386. The standard InChI is InChI=1S/C10H10BrFN2OS/c11-6-2-9(8(13)3-7(6)12)14-4-5(16)1-10(14)15/h2-3,5,16H,1,4,13H2. The Hall–Kier alpha value is -0.750. The molecule has 0 bridgehead atoms. The lowest BCUT2D eigenvalue weighted by Gasteiger charge is -2.18. The molecule has 1 unspecified atom stereocenters. The third-order valence-electron chi connectivity index (χ3n) is 2.47. The lowest BCUT2D eigenvalue weighted by atomic mass is 10.2. The lowest BCUT2D eigenvalue weighted by molar-refractivity contribution is -0.117. The van der Waals surface area contributed by atoms with Crippen molar-refractivity contribution in [1.82, 2.24) is 0 Å². The largest absolute Gasteiger partial charge is 0.397 e. The van der Waals surface area contributed by atoms with Gasteiger partial charge in [0.1, 0.15) is 5.82 Å². The molecule has 1 aromatic rings. The summed E-state index contributed by atoms with van der Waals surface area (Å²) in [5, 5.41) is 0.00993. The number of rotatable bonds is 1. The molecule has 2 rings (SSSR count). The summed E-state index contributed by atoms with van der Waals surface area (Å²) in [6, 6.07) is 2.73. The molecule has 3 nitrogen and oxygen atoms in total. The molecule has 2 N–H and O–H groups in total. The molecule has 1 saturated heterocycles. The van der Waals surface area contributed by atoms with Crippen LogP contribution in [0.2, 0.25) is 0 Å². The first-order valence-corrected chi connectivity index (χ1v) is 6.03. The second kappa shape index (κ2) is 4.25. The highest BCUT2D eigenvalue weighted by atomic mass is 79.9. The molecule has 86 valence electrons. The maximum atomic E-state index is 13.2. The van der Waals surface area contributed by atoms with Crippen LogP contribution in [0.25, 0.3) is 0 Å². The van der Waals surface area contributed by atoms with Crippen molar-refractivity contribution in [1.29, 1.82) is 0 Å². The van der Waals surface area contributed by atoms with Gasteiger partial charge in [0.15, 0.2) is 0 Å². The summed E-state index contributed by atoms with van der Waals surface area (Å²) >= 11 is 7.33. The summed E-state index contributed by atoms with van der Waals surface area (Å²) in [5.74, 6) is -0.472. The molecule has 1 aliphatic heterocycles. The van der Waals surface area contributed by atoms with Gasteiger partial charge in [-0.1, -0.05) is 0 Å². The van der Waals surface area contributed by atoms with Crippen molar-refractivity contribution in [3.8, 4) is 0 Å². The topological polar surface area (TPSA) is 46.3 Å². The molecule has 1 amide bonds. The fourth-order valence-electron chi connectivity index (χ4n) is 1.71. The van der Waals surface area contributed by atoms with Crippen LogP contribution in [0.15, 0.2) is 16.6 Å². The second-order valence-electron chi connectivity index (χ2n) is 3.69. The highest BCUT2D eigenvalue weighted by molar-refractivity contribution is 9.10. The number of hydrogen-bond donors (Lipinski definition) is 2. The van der Waals surface area contributed by atoms with E-state index in [9.17, 15) is 9.18 Å². The van der Waals surface area contributed by atoms with Crippen LogP contribution in [0, 0.1) is 5.82 Å². The van der Waals surface area contributed by atoms with E-state index in [-0.39, 0.29) is 16.8 Å². The van der Waals surface area contributed by atoms with Gasteiger partial charge >= 0.3 is 0 Å². The maximum absolute atomic E-state index is 13.2. The number of halogens is 2. The van der Waals surface area contributed by atoms with Gasteiger partial charge in [0, 0.05) is 24.3 Å². The Morgan fingerprint density at radius 3 is 2.81 bits per heavy atom. The molecule has 1 heterocycles. The fourth-order valence-corrected chi connectivity index (χ4v) is 2.36. The Morgan fingerprint density at radius 1 is 1.56 bits per heavy atom. The Kier molecular flexibility index (Phi) is 3.12. The highest BCUT2D eigenvalue weighted by Crippen LogP contribution is 2.33. The van der Waals surface area contributed by atoms with Gasteiger partial charge < -0.3 is 10.6 Å². The quantitative estimate of drug-likeness (QED) is 0.617. The number of anilines is 2. The van der Waals surface area contributed by atoms with Gasteiger partial charge in [0.2, 0.25) is 5.91 Å². The fraction of sp³-hybridized carbons (Fsp3) is 0.300. The number of amides is 1. The van der Waals surface area contributed by atoms with Crippen LogP contribution in [-0.2, 0) is 4.79 Å². The number of nitrogen functional groups attached to an aromatic ring is 1. The minimum atomic E-state index is -0.435. The summed E-state index contributed by atoms with van der Waals surface area (Å²) in [6.45, 7) is 0.504. The van der Waals surface area contributed by atoms with Crippen molar-refractivity contribution in [3.63, 3.8) is 0 Å². The van der Waals surface area contributed by atoms with Crippen LogP contribution in [0.4, 0.5) is 15.8 Å². The SMILES string of the molecule is Nc1cc(F)c(Br)cc1N1CC(S)CC1=O. The van der Waals surface area contributed by atoms with Gasteiger partial charge in [0.05, 0.1) is 15.8 Å². The molecule has 1 aliphatic rings. The lowest BCUT2D eigenvalue weighted by Crippen LogP contribution is -2.25. The van der Waals surface area contributed by atoms with Crippen molar-refractivity contribution >= 4 is 45.8 Å². The van der Waals surface area contributed by atoms with Gasteiger partial charge in [0.25, 0.3) is 0 Å². The zero-order chi connectivity index (χ0) is 11.9. The molecular formula is C10H10BrFN2OS. The predicted octanol–water partition coefficient (Wildman–Crippen LogP) is 2.21. The van der Waals surface area contributed by atoms with Crippen LogP contribution in [0.5, 0.6) is 0 Å². The average molecular weight is 305 g/mol. The van der Waals surface area contributed by atoms with Gasteiger partial charge in [-0.05, 0) is 22.0 Å². The van der Waals surface area contributed by atoms with E-state index in [1.807, 2.05) is 0 Å². The van der Waals surface area contributed by atoms with Gasteiger partial charge in [-0.25, -0.2) is 4.39 Å². The third kappa shape index (κ3) is 2.04. The Bertz CT molecular complexity index is 455. The molecule has 1 aromatic carbocycles. The van der Waals surface area contributed by atoms with Crippen molar-refractivity contribution in [2.24, 2.45) is 0 Å². The summed E-state index contributed by atoms with van der Waals surface area (Å²) in [7, 11) is 0. The van der Waals surface area contributed by atoms with Crippen molar-refractivity contribution in [2.45, 2.75) is 11.7 Å². The monoisotopic (exact) mass is 304 g/mol. The van der Waals surface area contributed by atoms with E-state index in [1.165, 1.54) is 17.0 Å². The second-order valence-corrected chi connectivity index (χ2v) is 5.27. The third-order valence-corrected chi connectivity index (χ3v) is 3.42. The van der Waals surface area contributed by atoms with E-state index >= 15 is 0 Å². The van der Waals surface area contributed by atoms with E-state index in [0.29, 0.717) is 23.1 Å².